The molecule has 0 saturated heterocycles. The molecule has 48 valence electrons. The number of hydrogen-bond acceptors (Lipinski definition) is 4. The first-order valence-corrected chi connectivity index (χ1v) is 0.935. The Bertz CT molecular complexity index is 22.5. The Balaban J connectivity index is -0.0000000267. The predicted molar refractivity (Wildman–Crippen MR) is 28.3 cm³/mol. The molecule has 0 spiro atoms. The van der Waals surface area contributed by atoms with E-state index >= 15 is 0 Å². The van der Waals surface area contributed by atoms with E-state index in [9.17, 15) is 0 Å². The summed E-state index contributed by atoms with van der Waals surface area (Å²) in [7, 11) is -2.06. The second-order valence-corrected chi connectivity index (χ2v) is 0.432. The van der Waals surface area contributed by atoms with Crippen LogP contribution in [0.4, 0.5) is 0 Å². The summed E-state index contributed by atoms with van der Waals surface area (Å²) in [4.78, 5) is 2.86. The van der Waals surface area contributed by atoms with Gasteiger partial charge in [-0.2, -0.15) is 0 Å². The van der Waals surface area contributed by atoms with E-state index in [-0.39, 0.29) is 40.5 Å². The Morgan fingerprint density at radius 1 is 1.12 bits per heavy atom. The van der Waals surface area contributed by atoms with Crippen molar-refractivity contribution in [2.45, 2.75) is 0 Å². The van der Waals surface area contributed by atoms with Crippen molar-refractivity contribution < 1.29 is 31.1 Å². The fourth-order valence-corrected chi connectivity index (χ4v) is 0. The van der Waals surface area contributed by atoms with Crippen LogP contribution in [-0.2, 0) is 4.81 Å². The van der Waals surface area contributed by atoms with E-state index in [2.05, 4.69) is 4.81 Å². The van der Waals surface area contributed by atoms with E-state index in [0.29, 0.717) is 0 Å². The summed E-state index contributed by atoms with van der Waals surface area (Å²) in [6.07, 6.45) is 0. The Morgan fingerprint density at radius 2 is 1.25 bits per heavy atom. The molecule has 0 aromatic heterocycles. The topological polar surface area (TPSA) is 133 Å². The Labute approximate surface area is 68.1 Å². The van der Waals surface area contributed by atoms with E-state index in [4.69, 9.17) is 15.3 Å². The molecule has 0 bridgehead atoms. The number of hydrogen-bond donors (Lipinski definition) is 3. The molecule has 0 saturated carbocycles. The third kappa shape index (κ3) is 29.0. The second-order valence-electron chi connectivity index (χ2n) is 0.432. The van der Waals surface area contributed by atoms with Crippen molar-refractivity contribution in [3.05, 3.63) is 0 Å². The molecule has 0 unspecified atom stereocenters. The zero-order valence-electron chi connectivity index (χ0n) is 3.33. The predicted octanol–water partition coefficient (Wildman–Crippen LogP) is -3.85. The van der Waals surface area contributed by atoms with Crippen molar-refractivity contribution in [2.75, 3.05) is 0 Å². The van der Waals surface area contributed by atoms with Crippen LogP contribution in [0.25, 0.3) is 0 Å². The van der Waals surface area contributed by atoms with E-state index in [0.717, 1.165) is 0 Å². The van der Waals surface area contributed by atoms with Gasteiger partial charge in [-0.25, -0.2) is 4.81 Å². The first-order valence-electron chi connectivity index (χ1n) is 0.935. The van der Waals surface area contributed by atoms with Gasteiger partial charge in [0.15, 0.2) is 0 Å². The van der Waals surface area contributed by atoms with E-state index < -0.39 is 7.32 Å². The van der Waals surface area contributed by atoms with Gasteiger partial charge in [0.1, 0.15) is 0 Å². The average Bonchev–Trinajstić information content (AvgIpc) is 1.38. The Kier molecular flexibility index (Phi) is 45.4. The van der Waals surface area contributed by atoms with Crippen molar-refractivity contribution in [2.24, 2.45) is 0 Å². The summed E-state index contributed by atoms with van der Waals surface area (Å²) in [5, 5.41) is 22.0. The molecule has 0 amide bonds. The van der Waals surface area contributed by atoms with Gasteiger partial charge in [0.05, 0.1) is 0 Å². The average molecular weight is 138 g/mol. The molecule has 8 heavy (non-hydrogen) atoms. The molecule has 6 nitrogen and oxygen atoms in total. The van der Waals surface area contributed by atoms with Crippen molar-refractivity contribution in [3.8, 4) is 0 Å². The summed E-state index contributed by atoms with van der Waals surface area (Å²) in [6.45, 7) is 0. The van der Waals surface area contributed by atoms with Crippen LogP contribution in [0.15, 0.2) is 0 Å². The van der Waals surface area contributed by atoms with Crippen molar-refractivity contribution >= 4 is 36.9 Å². The standard InChI is InChI=1S/BH3O4.Na.2H2O.H/c2-1(3)5-4;;;;/h2-4H;;2*1H2;. The molecule has 0 heterocycles. The summed E-state index contributed by atoms with van der Waals surface area (Å²) >= 11 is 0. The van der Waals surface area contributed by atoms with Crippen LogP contribution >= 0.6 is 0 Å². The fraction of sp³-hybridized carbons (Fsp3) is 0. The molecule has 0 fully saturated rings. The van der Waals surface area contributed by atoms with Crippen molar-refractivity contribution in [3.63, 3.8) is 0 Å². The van der Waals surface area contributed by atoms with Crippen LogP contribution in [0.5, 0.6) is 0 Å². The van der Waals surface area contributed by atoms with Gasteiger partial charge in [-0.15, -0.1) is 0 Å². The summed E-state index contributed by atoms with van der Waals surface area (Å²) < 4.78 is 0. The van der Waals surface area contributed by atoms with Gasteiger partial charge in [0.2, 0.25) is 0 Å². The minimum absolute atomic E-state index is 0. The Hall–Kier alpha value is 0.825. The third-order valence-corrected chi connectivity index (χ3v) is 0.0943. The normalized spacial score (nSPS) is 4.88. The van der Waals surface area contributed by atoms with Crippen LogP contribution in [-0.4, -0.2) is 63.1 Å². The van der Waals surface area contributed by atoms with Gasteiger partial charge in [-0.1, -0.05) is 0 Å². The molecule has 0 aliphatic rings. The van der Waals surface area contributed by atoms with E-state index in [1.165, 1.54) is 0 Å². The van der Waals surface area contributed by atoms with E-state index in [1.54, 1.807) is 0 Å². The first kappa shape index (κ1) is 23.2. The van der Waals surface area contributed by atoms with E-state index in [1.807, 2.05) is 0 Å². The zero-order valence-corrected chi connectivity index (χ0v) is 3.33. The molecule has 0 aliphatic heterocycles. The summed E-state index contributed by atoms with van der Waals surface area (Å²) in [6, 6.07) is 0. The Morgan fingerprint density at radius 3 is 1.25 bits per heavy atom. The van der Waals surface area contributed by atoms with Crippen LogP contribution in [0.1, 0.15) is 0 Å². The molecule has 0 rings (SSSR count). The first-order chi connectivity index (χ1) is 2.27. The molecule has 7 N–H and O–H groups in total. The van der Waals surface area contributed by atoms with Gasteiger partial charge >= 0.3 is 36.9 Å². The van der Waals surface area contributed by atoms with Crippen LogP contribution in [0, 0.1) is 0 Å². The van der Waals surface area contributed by atoms with Gasteiger partial charge in [-0.3, -0.25) is 5.26 Å². The van der Waals surface area contributed by atoms with Gasteiger partial charge in [0, 0.05) is 0 Å². The molecular formula is H8BNaO6. The second kappa shape index (κ2) is 15.7. The van der Waals surface area contributed by atoms with Crippen LogP contribution in [0.2, 0.25) is 0 Å². The van der Waals surface area contributed by atoms with Crippen molar-refractivity contribution in [1.82, 2.24) is 0 Å². The van der Waals surface area contributed by atoms with Crippen molar-refractivity contribution in [1.29, 1.82) is 0 Å². The molecule has 8 heteroatoms. The molecule has 0 aromatic rings. The summed E-state index contributed by atoms with van der Waals surface area (Å²) in [5.74, 6) is 0. The maximum atomic E-state index is 7.44. The molecule has 0 atom stereocenters. The quantitative estimate of drug-likeness (QED) is 0.194. The van der Waals surface area contributed by atoms with Gasteiger partial charge in [0.25, 0.3) is 0 Å². The minimum atomic E-state index is -2.06. The third-order valence-electron chi connectivity index (χ3n) is 0.0943. The maximum absolute atomic E-state index is 7.44. The molecular weight excluding hydrogens is 130 g/mol. The number of rotatable bonds is 1. The van der Waals surface area contributed by atoms with Gasteiger partial charge < -0.3 is 21.0 Å². The monoisotopic (exact) mass is 138 g/mol. The molecule has 0 aromatic carbocycles. The fourth-order valence-electron chi connectivity index (χ4n) is 0. The SMILES string of the molecule is O.O.OOB(O)O.[NaH]. The summed E-state index contributed by atoms with van der Waals surface area (Å²) in [5.41, 5.74) is 0. The zero-order chi connectivity index (χ0) is 4.28. The molecule has 0 radical (unpaired) electrons. The van der Waals surface area contributed by atoms with Gasteiger partial charge in [-0.05, 0) is 0 Å². The van der Waals surface area contributed by atoms with Crippen LogP contribution in [0.3, 0.4) is 0 Å². The molecule has 0 aliphatic carbocycles. The van der Waals surface area contributed by atoms with Crippen LogP contribution < -0.4 is 0 Å².